The third-order valence-electron chi connectivity index (χ3n) is 3.17. The maximum atomic E-state index is 14.2. The minimum atomic E-state index is -1.30. The van der Waals surface area contributed by atoms with E-state index in [0.717, 1.165) is 10.9 Å². The zero-order chi connectivity index (χ0) is 14.3. The van der Waals surface area contributed by atoms with Crippen LogP contribution in [0.1, 0.15) is 15.9 Å². The number of fused-ring (bicyclic) bond motifs is 1. The first kappa shape index (κ1) is 12.4. The fourth-order valence-electron chi connectivity index (χ4n) is 2.18. The van der Waals surface area contributed by atoms with Gasteiger partial charge in [0.25, 0.3) is 0 Å². The fraction of sp³-hybridized carbons (Fsp3) is 0.0625. The summed E-state index contributed by atoms with van der Waals surface area (Å²) >= 11 is 0. The molecular formula is C16H11FO3. The molecule has 0 amide bonds. The van der Waals surface area contributed by atoms with Crippen LogP contribution in [0.5, 0.6) is 0 Å². The van der Waals surface area contributed by atoms with E-state index in [1.165, 1.54) is 18.2 Å². The van der Waals surface area contributed by atoms with Crippen molar-refractivity contribution in [1.29, 1.82) is 0 Å². The summed E-state index contributed by atoms with van der Waals surface area (Å²) in [5.74, 6) is -1.75. The number of aromatic carboxylic acids is 1. The lowest BCUT2D eigenvalue weighted by Gasteiger charge is -2.02. The highest BCUT2D eigenvalue weighted by atomic mass is 19.1. The van der Waals surface area contributed by atoms with E-state index in [4.69, 9.17) is 9.52 Å². The maximum absolute atomic E-state index is 14.2. The van der Waals surface area contributed by atoms with E-state index in [9.17, 15) is 9.18 Å². The Kier molecular flexibility index (Phi) is 2.79. The molecule has 0 unspecified atom stereocenters. The molecule has 0 fully saturated rings. The van der Waals surface area contributed by atoms with Gasteiger partial charge in [-0.25, -0.2) is 9.18 Å². The number of carboxylic acids is 1. The van der Waals surface area contributed by atoms with Gasteiger partial charge >= 0.3 is 5.97 Å². The molecular weight excluding hydrogens is 259 g/mol. The molecule has 3 aromatic rings. The third kappa shape index (κ3) is 1.95. The van der Waals surface area contributed by atoms with Gasteiger partial charge < -0.3 is 9.52 Å². The van der Waals surface area contributed by atoms with Gasteiger partial charge in [-0.15, -0.1) is 0 Å². The predicted octanol–water partition coefficient (Wildman–Crippen LogP) is 4.25. The average molecular weight is 270 g/mol. The Bertz CT molecular complexity index is 818. The summed E-state index contributed by atoms with van der Waals surface area (Å²) < 4.78 is 19.8. The third-order valence-corrected chi connectivity index (χ3v) is 3.17. The molecule has 4 heteroatoms. The Balaban J connectivity index is 2.20. The number of hydrogen-bond acceptors (Lipinski definition) is 2. The van der Waals surface area contributed by atoms with E-state index >= 15 is 0 Å². The highest BCUT2D eigenvalue weighted by Crippen LogP contribution is 2.31. The van der Waals surface area contributed by atoms with Crippen LogP contribution in [-0.4, -0.2) is 11.1 Å². The summed E-state index contributed by atoms with van der Waals surface area (Å²) in [7, 11) is 0. The Labute approximate surface area is 114 Å². The average Bonchev–Trinajstić information content (AvgIpc) is 2.81. The molecule has 3 rings (SSSR count). The summed E-state index contributed by atoms with van der Waals surface area (Å²) in [6, 6.07) is 11.6. The van der Waals surface area contributed by atoms with Gasteiger partial charge in [-0.05, 0) is 37.3 Å². The van der Waals surface area contributed by atoms with Gasteiger partial charge in [0.1, 0.15) is 17.2 Å². The lowest BCUT2D eigenvalue weighted by atomic mass is 10.1. The van der Waals surface area contributed by atoms with E-state index in [1.54, 1.807) is 6.07 Å². The minimum Gasteiger partial charge on any atom is -0.478 e. The number of aryl methyl sites for hydroxylation is 1. The Morgan fingerprint density at radius 3 is 2.75 bits per heavy atom. The molecule has 0 bridgehead atoms. The van der Waals surface area contributed by atoms with Gasteiger partial charge in [0.05, 0.1) is 11.1 Å². The van der Waals surface area contributed by atoms with Gasteiger partial charge in [0.2, 0.25) is 0 Å². The van der Waals surface area contributed by atoms with Crippen LogP contribution in [-0.2, 0) is 0 Å². The number of benzene rings is 2. The predicted molar refractivity (Wildman–Crippen MR) is 73.3 cm³/mol. The summed E-state index contributed by atoms with van der Waals surface area (Å²) in [4.78, 5) is 11.0. The van der Waals surface area contributed by atoms with Crippen LogP contribution < -0.4 is 0 Å². The number of halogens is 1. The molecule has 0 radical (unpaired) electrons. The second-order valence-corrected chi connectivity index (χ2v) is 4.62. The van der Waals surface area contributed by atoms with Gasteiger partial charge in [0, 0.05) is 5.39 Å². The number of carboxylic acid groups (broad SMARTS) is 1. The van der Waals surface area contributed by atoms with E-state index in [-0.39, 0.29) is 11.1 Å². The number of furan rings is 1. The summed E-state index contributed by atoms with van der Waals surface area (Å²) in [6.45, 7) is 1.96. The van der Waals surface area contributed by atoms with Gasteiger partial charge in [-0.2, -0.15) is 0 Å². The molecule has 0 saturated carbocycles. The normalized spacial score (nSPS) is 10.9. The molecule has 0 aliphatic rings. The van der Waals surface area contributed by atoms with Crippen LogP contribution in [0.15, 0.2) is 46.9 Å². The minimum absolute atomic E-state index is 0.152. The number of hydrogen-bond donors (Lipinski definition) is 1. The Morgan fingerprint density at radius 1 is 1.20 bits per heavy atom. The van der Waals surface area contributed by atoms with E-state index in [1.807, 2.05) is 25.1 Å². The number of carbonyl (C=O) groups is 1. The summed E-state index contributed by atoms with van der Waals surface area (Å²) in [5, 5.41) is 9.80. The van der Waals surface area contributed by atoms with Crippen molar-refractivity contribution < 1.29 is 18.7 Å². The fourth-order valence-corrected chi connectivity index (χ4v) is 2.18. The standard InChI is InChI=1S/C16H11FO3/c1-9-5-6-13-10(7-9)8-14(20-13)11-3-2-4-12(15(11)17)16(18)19/h2-8H,1H3,(H,18,19). The van der Waals surface area contributed by atoms with Crippen LogP contribution in [0.2, 0.25) is 0 Å². The van der Waals surface area contributed by atoms with Gasteiger partial charge in [-0.3, -0.25) is 0 Å². The van der Waals surface area contributed by atoms with Crippen molar-refractivity contribution in [2.75, 3.05) is 0 Å². The van der Waals surface area contributed by atoms with Crippen molar-refractivity contribution in [3.8, 4) is 11.3 Å². The SMILES string of the molecule is Cc1ccc2oc(-c3cccc(C(=O)O)c3F)cc2c1. The van der Waals surface area contributed by atoms with Crippen molar-refractivity contribution in [3.05, 3.63) is 59.4 Å². The molecule has 1 aromatic heterocycles. The zero-order valence-electron chi connectivity index (χ0n) is 10.7. The molecule has 20 heavy (non-hydrogen) atoms. The Morgan fingerprint density at radius 2 is 2.00 bits per heavy atom. The highest BCUT2D eigenvalue weighted by Gasteiger charge is 2.17. The number of rotatable bonds is 2. The molecule has 3 nitrogen and oxygen atoms in total. The van der Waals surface area contributed by atoms with Crippen molar-refractivity contribution in [3.63, 3.8) is 0 Å². The first-order valence-corrected chi connectivity index (χ1v) is 6.08. The van der Waals surface area contributed by atoms with Crippen LogP contribution in [0.4, 0.5) is 4.39 Å². The summed E-state index contributed by atoms with van der Waals surface area (Å²) in [5.41, 5.74) is 1.51. The van der Waals surface area contributed by atoms with Crippen LogP contribution >= 0.6 is 0 Å². The summed E-state index contributed by atoms with van der Waals surface area (Å²) in [6.07, 6.45) is 0. The first-order valence-electron chi connectivity index (χ1n) is 6.08. The molecule has 2 aromatic carbocycles. The molecule has 0 aliphatic carbocycles. The maximum Gasteiger partial charge on any atom is 0.338 e. The quantitative estimate of drug-likeness (QED) is 0.757. The lowest BCUT2D eigenvalue weighted by molar-refractivity contribution is 0.0692. The van der Waals surface area contributed by atoms with Crippen molar-refractivity contribution in [2.45, 2.75) is 6.92 Å². The largest absolute Gasteiger partial charge is 0.478 e. The smallest absolute Gasteiger partial charge is 0.338 e. The molecule has 1 heterocycles. The monoisotopic (exact) mass is 270 g/mol. The van der Waals surface area contributed by atoms with Crippen molar-refractivity contribution in [2.24, 2.45) is 0 Å². The topological polar surface area (TPSA) is 50.4 Å². The lowest BCUT2D eigenvalue weighted by Crippen LogP contribution is -2.01. The molecule has 100 valence electrons. The van der Waals surface area contributed by atoms with Crippen LogP contribution in [0.3, 0.4) is 0 Å². The van der Waals surface area contributed by atoms with Crippen LogP contribution in [0.25, 0.3) is 22.3 Å². The van der Waals surface area contributed by atoms with Crippen LogP contribution in [0, 0.1) is 12.7 Å². The molecule has 0 saturated heterocycles. The molecule has 0 aliphatic heterocycles. The first-order chi connectivity index (χ1) is 9.56. The molecule has 0 spiro atoms. The second kappa shape index (κ2) is 4.49. The van der Waals surface area contributed by atoms with Gasteiger partial charge in [-0.1, -0.05) is 17.7 Å². The second-order valence-electron chi connectivity index (χ2n) is 4.62. The van der Waals surface area contributed by atoms with Crippen molar-refractivity contribution in [1.82, 2.24) is 0 Å². The van der Waals surface area contributed by atoms with Gasteiger partial charge in [0.15, 0.2) is 0 Å². The zero-order valence-corrected chi connectivity index (χ0v) is 10.7. The molecule has 1 N–H and O–H groups in total. The van der Waals surface area contributed by atoms with E-state index < -0.39 is 11.8 Å². The molecule has 0 atom stereocenters. The van der Waals surface area contributed by atoms with E-state index in [0.29, 0.717) is 11.3 Å². The van der Waals surface area contributed by atoms with E-state index in [2.05, 4.69) is 0 Å². The highest BCUT2D eigenvalue weighted by molar-refractivity contribution is 5.90. The van der Waals surface area contributed by atoms with Crippen molar-refractivity contribution >= 4 is 16.9 Å². The Hall–Kier alpha value is -2.62.